The average Bonchev–Trinajstić information content (AvgIpc) is 2.84. The van der Waals surface area contributed by atoms with Crippen LogP contribution in [0.25, 0.3) is 0 Å². The van der Waals surface area contributed by atoms with Gasteiger partial charge in [-0.15, -0.1) is 0 Å². The minimum absolute atomic E-state index is 0.0859. The van der Waals surface area contributed by atoms with Crippen molar-refractivity contribution in [3.05, 3.63) is 53.6 Å². The van der Waals surface area contributed by atoms with Crippen molar-refractivity contribution >= 4 is 0 Å². The van der Waals surface area contributed by atoms with Crippen LogP contribution in [0.3, 0.4) is 0 Å². The summed E-state index contributed by atoms with van der Waals surface area (Å²) in [6.45, 7) is 1.80. The van der Waals surface area contributed by atoms with Crippen molar-refractivity contribution in [2.24, 2.45) is 0 Å². The maximum atomic E-state index is 12.7. The fraction of sp³-hybridized carbons (Fsp3) is 0.357. The van der Waals surface area contributed by atoms with Crippen LogP contribution in [-0.4, -0.2) is 9.55 Å². The van der Waals surface area contributed by atoms with E-state index in [1.165, 1.54) is 18.0 Å². The molecule has 0 amide bonds. The Morgan fingerprint density at radius 1 is 1.37 bits per heavy atom. The largest absolute Gasteiger partial charge is 0.319 e. The molecule has 0 unspecified atom stereocenters. The van der Waals surface area contributed by atoms with Crippen LogP contribution in [0.4, 0.5) is 8.78 Å². The number of rotatable bonds is 5. The molecule has 1 heterocycles. The predicted molar refractivity (Wildman–Crippen MR) is 69.9 cm³/mol. The van der Waals surface area contributed by atoms with Gasteiger partial charge in [-0.3, -0.25) is 4.57 Å². The summed E-state index contributed by atoms with van der Waals surface area (Å²) in [4.78, 5) is 3.94. The van der Waals surface area contributed by atoms with Crippen molar-refractivity contribution in [1.29, 1.82) is 0 Å². The lowest BCUT2D eigenvalue weighted by Gasteiger charge is -2.15. The fourth-order valence-electron chi connectivity index (χ4n) is 1.96. The highest BCUT2D eigenvalue weighted by molar-refractivity contribution is 5.24. The summed E-state index contributed by atoms with van der Waals surface area (Å²) in [6.07, 6.45) is 2.68. The van der Waals surface area contributed by atoms with Crippen molar-refractivity contribution in [3.8, 4) is 0 Å². The molecule has 0 aliphatic carbocycles. The standard InChI is InChI=1S/C14H17F2N3/c1-10-4-3-5-12(8-10)11(2)18-9-13-17-6-7-19(13)14(15)16/h3-8,11,14,18H,9H2,1-2H3/t11-/m0/s1. The molecular weight excluding hydrogens is 248 g/mol. The number of hydrogen-bond acceptors (Lipinski definition) is 2. The summed E-state index contributed by atoms with van der Waals surface area (Å²) in [7, 11) is 0. The van der Waals surface area contributed by atoms with E-state index in [0.29, 0.717) is 12.4 Å². The zero-order valence-electron chi connectivity index (χ0n) is 11.0. The Balaban J connectivity index is 2.00. The molecule has 3 nitrogen and oxygen atoms in total. The number of alkyl halides is 2. The second kappa shape index (κ2) is 5.93. The van der Waals surface area contributed by atoms with Crippen LogP contribution in [0, 0.1) is 6.92 Å². The molecule has 19 heavy (non-hydrogen) atoms. The number of hydrogen-bond donors (Lipinski definition) is 1. The molecule has 102 valence electrons. The lowest BCUT2D eigenvalue weighted by Crippen LogP contribution is -2.21. The van der Waals surface area contributed by atoms with Crippen molar-refractivity contribution in [2.75, 3.05) is 0 Å². The normalized spacial score (nSPS) is 12.9. The van der Waals surface area contributed by atoms with Gasteiger partial charge in [0, 0.05) is 18.4 Å². The van der Waals surface area contributed by atoms with Crippen molar-refractivity contribution < 1.29 is 8.78 Å². The summed E-state index contributed by atoms with van der Waals surface area (Å²) >= 11 is 0. The maximum Gasteiger partial charge on any atom is 0.319 e. The summed E-state index contributed by atoms with van der Waals surface area (Å²) in [6, 6.07) is 8.20. The van der Waals surface area contributed by atoms with E-state index in [-0.39, 0.29) is 6.04 Å². The molecule has 2 rings (SSSR count). The molecule has 2 aromatic rings. The van der Waals surface area contributed by atoms with Crippen LogP contribution in [0.5, 0.6) is 0 Å². The molecule has 0 bridgehead atoms. The van der Waals surface area contributed by atoms with E-state index in [2.05, 4.69) is 16.4 Å². The number of benzene rings is 1. The molecule has 1 N–H and O–H groups in total. The molecule has 1 atom stereocenters. The molecule has 0 saturated carbocycles. The van der Waals surface area contributed by atoms with Crippen molar-refractivity contribution in [2.45, 2.75) is 33.0 Å². The smallest absolute Gasteiger partial charge is 0.303 e. The van der Waals surface area contributed by atoms with Crippen LogP contribution in [0.2, 0.25) is 0 Å². The zero-order chi connectivity index (χ0) is 13.8. The Bertz CT molecular complexity index is 537. The van der Waals surface area contributed by atoms with E-state index in [9.17, 15) is 8.78 Å². The van der Waals surface area contributed by atoms with Crippen molar-refractivity contribution in [1.82, 2.24) is 14.9 Å². The van der Waals surface area contributed by atoms with E-state index in [0.717, 1.165) is 10.1 Å². The first-order valence-electron chi connectivity index (χ1n) is 6.17. The molecule has 0 aliphatic heterocycles. The Morgan fingerprint density at radius 2 is 2.16 bits per heavy atom. The minimum Gasteiger partial charge on any atom is -0.303 e. The Labute approximate surface area is 111 Å². The molecule has 5 heteroatoms. The summed E-state index contributed by atoms with van der Waals surface area (Å²) < 4.78 is 26.2. The van der Waals surface area contributed by atoms with E-state index < -0.39 is 6.55 Å². The van der Waals surface area contributed by atoms with Gasteiger partial charge >= 0.3 is 6.55 Å². The van der Waals surface area contributed by atoms with Gasteiger partial charge in [-0.1, -0.05) is 29.8 Å². The van der Waals surface area contributed by atoms with Gasteiger partial charge in [-0.05, 0) is 19.4 Å². The predicted octanol–water partition coefficient (Wildman–Crippen LogP) is 3.44. The van der Waals surface area contributed by atoms with Gasteiger partial charge < -0.3 is 5.32 Å². The van der Waals surface area contributed by atoms with Gasteiger partial charge in [0.05, 0.1) is 6.54 Å². The maximum absolute atomic E-state index is 12.7. The SMILES string of the molecule is Cc1cccc([C@H](C)NCc2nccn2C(F)F)c1. The second-order valence-electron chi connectivity index (χ2n) is 4.55. The number of halogens is 2. The minimum atomic E-state index is -2.55. The van der Waals surface area contributed by atoms with Gasteiger partial charge in [0.15, 0.2) is 0 Å². The Kier molecular flexibility index (Phi) is 4.27. The molecule has 0 saturated heterocycles. The van der Waals surface area contributed by atoms with Gasteiger partial charge in [0.25, 0.3) is 0 Å². The number of imidazole rings is 1. The third-order valence-corrected chi connectivity index (χ3v) is 3.07. The molecular formula is C14H17F2N3. The van der Waals surface area contributed by atoms with E-state index in [1.54, 1.807) is 0 Å². The number of nitrogens with one attached hydrogen (secondary N) is 1. The zero-order valence-corrected chi connectivity index (χ0v) is 11.0. The van der Waals surface area contributed by atoms with Crippen LogP contribution < -0.4 is 5.32 Å². The Morgan fingerprint density at radius 3 is 2.84 bits per heavy atom. The van der Waals surface area contributed by atoms with Gasteiger partial charge in [-0.2, -0.15) is 8.78 Å². The van der Waals surface area contributed by atoms with Crippen LogP contribution >= 0.6 is 0 Å². The molecule has 1 aromatic carbocycles. The summed E-state index contributed by atoms with van der Waals surface area (Å²) in [5.74, 6) is 0.342. The summed E-state index contributed by atoms with van der Waals surface area (Å²) in [5, 5.41) is 3.21. The fourth-order valence-corrected chi connectivity index (χ4v) is 1.96. The van der Waals surface area contributed by atoms with Crippen LogP contribution in [0.15, 0.2) is 36.7 Å². The number of aryl methyl sites for hydroxylation is 1. The van der Waals surface area contributed by atoms with Crippen LogP contribution in [-0.2, 0) is 6.54 Å². The quantitative estimate of drug-likeness (QED) is 0.897. The molecule has 0 spiro atoms. The van der Waals surface area contributed by atoms with Gasteiger partial charge in [0.1, 0.15) is 5.82 Å². The van der Waals surface area contributed by atoms with Gasteiger partial charge in [-0.25, -0.2) is 4.98 Å². The molecule has 0 radical (unpaired) electrons. The molecule has 1 aromatic heterocycles. The topological polar surface area (TPSA) is 29.9 Å². The van der Waals surface area contributed by atoms with E-state index in [1.807, 2.05) is 32.0 Å². The summed E-state index contributed by atoms with van der Waals surface area (Å²) in [5.41, 5.74) is 2.32. The monoisotopic (exact) mass is 265 g/mol. The third-order valence-electron chi connectivity index (χ3n) is 3.07. The highest BCUT2D eigenvalue weighted by Gasteiger charge is 2.12. The van der Waals surface area contributed by atoms with Crippen molar-refractivity contribution in [3.63, 3.8) is 0 Å². The first-order valence-corrected chi connectivity index (χ1v) is 6.17. The second-order valence-corrected chi connectivity index (χ2v) is 4.55. The average molecular weight is 265 g/mol. The first-order chi connectivity index (χ1) is 9.08. The van der Waals surface area contributed by atoms with E-state index in [4.69, 9.17) is 0 Å². The lowest BCUT2D eigenvalue weighted by atomic mass is 10.1. The third kappa shape index (κ3) is 3.38. The van der Waals surface area contributed by atoms with Crippen LogP contribution in [0.1, 0.15) is 36.5 Å². The number of nitrogens with zero attached hydrogens (tertiary/aromatic N) is 2. The number of aromatic nitrogens is 2. The highest BCUT2D eigenvalue weighted by Crippen LogP contribution is 2.16. The Hall–Kier alpha value is -1.75. The lowest BCUT2D eigenvalue weighted by molar-refractivity contribution is 0.0665. The molecule has 0 fully saturated rings. The van der Waals surface area contributed by atoms with Gasteiger partial charge in [0.2, 0.25) is 0 Å². The first kappa shape index (κ1) is 13.7. The van der Waals surface area contributed by atoms with E-state index >= 15 is 0 Å². The molecule has 0 aliphatic rings. The highest BCUT2D eigenvalue weighted by atomic mass is 19.3.